The minimum absolute atomic E-state index is 0.837. The van der Waals surface area contributed by atoms with Crippen molar-refractivity contribution in [3.63, 3.8) is 0 Å². The first-order chi connectivity index (χ1) is 10.3. The van der Waals surface area contributed by atoms with Crippen LogP contribution in [0.5, 0.6) is 0 Å². The predicted octanol–water partition coefficient (Wildman–Crippen LogP) is 4.69. The van der Waals surface area contributed by atoms with Crippen molar-refractivity contribution < 1.29 is 0 Å². The highest BCUT2D eigenvalue weighted by Crippen LogP contribution is 2.26. The fourth-order valence-electron chi connectivity index (χ4n) is 4.26. The van der Waals surface area contributed by atoms with Crippen LogP contribution in [-0.2, 0) is 0 Å². The summed E-state index contributed by atoms with van der Waals surface area (Å²) in [5, 5.41) is 0. The maximum Gasteiger partial charge on any atom is 0.0224 e. The van der Waals surface area contributed by atoms with Gasteiger partial charge in [-0.25, -0.2) is 0 Å². The SMILES string of the molecule is CCCCCCCCCCN1CC2CCCN2CC1CC. The molecule has 0 bridgehead atoms. The van der Waals surface area contributed by atoms with E-state index in [1.807, 2.05) is 0 Å². The molecule has 0 radical (unpaired) electrons. The topological polar surface area (TPSA) is 6.48 Å². The van der Waals surface area contributed by atoms with Gasteiger partial charge < -0.3 is 0 Å². The van der Waals surface area contributed by atoms with Crippen LogP contribution >= 0.6 is 0 Å². The zero-order valence-corrected chi connectivity index (χ0v) is 14.7. The van der Waals surface area contributed by atoms with Crippen molar-refractivity contribution in [2.24, 2.45) is 0 Å². The molecule has 2 rings (SSSR count). The van der Waals surface area contributed by atoms with Crippen LogP contribution < -0.4 is 0 Å². The Labute approximate surface area is 133 Å². The van der Waals surface area contributed by atoms with Crippen molar-refractivity contribution in [3.8, 4) is 0 Å². The molecule has 2 saturated heterocycles. The molecule has 0 aromatic heterocycles. The highest BCUT2D eigenvalue weighted by Gasteiger charge is 2.34. The van der Waals surface area contributed by atoms with Crippen LogP contribution in [0.25, 0.3) is 0 Å². The maximum absolute atomic E-state index is 2.82. The number of hydrogen-bond acceptors (Lipinski definition) is 2. The fourth-order valence-corrected chi connectivity index (χ4v) is 4.26. The Balaban J connectivity index is 1.56. The molecular formula is C19H38N2. The van der Waals surface area contributed by atoms with Crippen LogP contribution in [0.3, 0.4) is 0 Å². The van der Waals surface area contributed by atoms with Crippen LogP contribution in [-0.4, -0.2) is 48.1 Å². The number of fused-ring (bicyclic) bond motifs is 1. The summed E-state index contributed by atoms with van der Waals surface area (Å²) in [5.74, 6) is 0. The Morgan fingerprint density at radius 3 is 2.29 bits per heavy atom. The fraction of sp³-hybridized carbons (Fsp3) is 1.00. The van der Waals surface area contributed by atoms with Gasteiger partial charge in [0.1, 0.15) is 0 Å². The minimum atomic E-state index is 0.837. The molecule has 0 N–H and O–H groups in total. The van der Waals surface area contributed by atoms with Crippen molar-refractivity contribution in [1.29, 1.82) is 0 Å². The Kier molecular flexibility index (Phi) is 8.10. The van der Waals surface area contributed by atoms with E-state index < -0.39 is 0 Å². The third kappa shape index (κ3) is 5.56. The van der Waals surface area contributed by atoms with Gasteiger partial charge >= 0.3 is 0 Å². The van der Waals surface area contributed by atoms with Gasteiger partial charge in [-0.15, -0.1) is 0 Å². The highest BCUT2D eigenvalue weighted by atomic mass is 15.3. The smallest absolute Gasteiger partial charge is 0.0224 e. The van der Waals surface area contributed by atoms with Crippen molar-refractivity contribution in [2.45, 2.75) is 96.6 Å². The summed E-state index contributed by atoms with van der Waals surface area (Å²) in [5.41, 5.74) is 0. The van der Waals surface area contributed by atoms with Gasteiger partial charge in [0.25, 0.3) is 0 Å². The normalized spacial score (nSPS) is 27.1. The minimum Gasteiger partial charge on any atom is -0.298 e. The van der Waals surface area contributed by atoms with Crippen LogP contribution in [0.2, 0.25) is 0 Å². The molecule has 2 unspecified atom stereocenters. The second kappa shape index (κ2) is 9.84. The molecular weight excluding hydrogens is 256 g/mol. The Hall–Kier alpha value is -0.0800. The molecule has 124 valence electrons. The summed E-state index contributed by atoms with van der Waals surface area (Å²) < 4.78 is 0. The van der Waals surface area contributed by atoms with Crippen molar-refractivity contribution in [2.75, 3.05) is 26.2 Å². The standard InChI is InChI=1S/C19H38N2/c1-3-5-6-7-8-9-10-11-14-20-17-19-13-12-15-21(19)16-18(20)4-2/h18-19H,3-17H2,1-2H3. The first-order valence-electron chi connectivity index (χ1n) is 9.83. The number of unbranched alkanes of at least 4 members (excludes halogenated alkanes) is 7. The largest absolute Gasteiger partial charge is 0.298 e. The summed E-state index contributed by atoms with van der Waals surface area (Å²) in [6.07, 6.45) is 15.7. The van der Waals surface area contributed by atoms with E-state index in [2.05, 4.69) is 23.6 Å². The van der Waals surface area contributed by atoms with E-state index in [1.54, 1.807) is 0 Å². The van der Waals surface area contributed by atoms with Gasteiger partial charge in [-0.3, -0.25) is 9.80 Å². The van der Waals surface area contributed by atoms with Crippen LogP contribution in [0.1, 0.15) is 84.5 Å². The third-order valence-electron chi connectivity index (χ3n) is 5.68. The van der Waals surface area contributed by atoms with E-state index in [9.17, 15) is 0 Å². The second-order valence-electron chi connectivity index (χ2n) is 7.32. The predicted molar refractivity (Wildman–Crippen MR) is 92.9 cm³/mol. The average molecular weight is 295 g/mol. The van der Waals surface area contributed by atoms with Gasteiger partial charge in [0, 0.05) is 25.2 Å². The second-order valence-corrected chi connectivity index (χ2v) is 7.32. The zero-order valence-electron chi connectivity index (χ0n) is 14.7. The van der Waals surface area contributed by atoms with Crippen LogP contribution in [0.4, 0.5) is 0 Å². The number of piperazine rings is 1. The zero-order chi connectivity index (χ0) is 14.9. The molecule has 0 spiro atoms. The monoisotopic (exact) mass is 294 g/mol. The summed E-state index contributed by atoms with van der Waals surface area (Å²) in [4.78, 5) is 5.59. The lowest BCUT2D eigenvalue weighted by Gasteiger charge is -2.43. The van der Waals surface area contributed by atoms with E-state index in [0.717, 1.165) is 12.1 Å². The molecule has 0 aliphatic carbocycles. The number of nitrogens with zero attached hydrogens (tertiary/aromatic N) is 2. The Bertz CT molecular complexity index is 266. The van der Waals surface area contributed by atoms with Crippen LogP contribution in [0.15, 0.2) is 0 Å². The Morgan fingerprint density at radius 2 is 1.57 bits per heavy atom. The molecule has 21 heavy (non-hydrogen) atoms. The quantitative estimate of drug-likeness (QED) is 0.540. The molecule has 2 fully saturated rings. The van der Waals surface area contributed by atoms with Crippen molar-refractivity contribution in [1.82, 2.24) is 9.80 Å². The van der Waals surface area contributed by atoms with E-state index in [4.69, 9.17) is 0 Å². The molecule has 2 heteroatoms. The summed E-state index contributed by atoms with van der Waals surface area (Å²) >= 11 is 0. The first kappa shape index (κ1) is 17.3. The van der Waals surface area contributed by atoms with E-state index in [-0.39, 0.29) is 0 Å². The van der Waals surface area contributed by atoms with E-state index in [0.29, 0.717) is 0 Å². The molecule has 2 atom stereocenters. The Morgan fingerprint density at radius 1 is 0.857 bits per heavy atom. The average Bonchev–Trinajstić information content (AvgIpc) is 2.96. The van der Waals surface area contributed by atoms with Gasteiger partial charge in [0.15, 0.2) is 0 Å². The van der Waals surface area contributed by atoms with Crippen LogP contribution in [0, 0.1) is 0 Å². The van der Waals surface area contributed by atoms with E-state index in [1.165, 1.54) is 96.8 Å². The molecule has 0 amide bonds. The van der Waals surface area contributed by atoms with Gasteiger partial charge in [-0.1, -0.05) is 58.8 Å². The first-order valence-corrected chi connectivity index (χ1v) is 9.83. The molecule has 0 aromatic carbocycles. The van der Waals surface area contributed by atoms with Gasteiger partial charge in [-0.2, -0.15) is 0 Å². The lowest BCUT2D eigenvalue weighted by Crippen LogP contribution is -2.55. The molecule has 0 saturated carbocycles. The number of rotatable bonds is 10. The molecule has 0 aromatic rings. The highest BCUT2D eigenvalue weighted by molar-refractivity contribution is 4.91. The summed E-state index contributed by atoms with van der Waals surface area (Å²) in [6, 6.07) is 1.73. The summed E-state index contributed by atoms with van der Waals surface area (Å²) in [6.45, 7) is 10.1. The molecule has 2 aliphatic rings. The number of hydrogen-bond donors (Lipinski definition) is 0. The molecule has 2 nitrogen and oxygen atoms in total. The lowest BCUT2D eigenvalue weighted by molar-refractivity contribution is 0.0480. The van der Waals surface area contributed by atoms with E-state index >= 15 is 0 Å². The third-order valence-corrected chi connectivity index (χ3v) is 5.68. The molecule has 2 heterocycles. The molecule has 2 aliphatic heterocycles. The van der Waals surface area contributed by atoms with Crippen molar-refractivity contribution >= 4 is 0 Å². The summed E-state index contributed by atoms with van der Waals surface area (Å²) in [7, 11) is 0. The van der Waals surface area contributed by atoms with Gasteiger partial charge in [0.05, 0.1) is 0 Å². The maximum atomic E-state index is 2.82. The van der Waals surface area contributed by atoms with Crippen molar-refractivity contribution in [3.05, 3.63) is 0 Å². The lowest BCUT2D eigenvalue weighted by atomic mass is 10.0. The van der Waals surface area contributed by atoms with Gasteiger partial charge in [0.2, 0.25) is 0 Å². The van der Waals surface area contributed by atoms with Gasteiger partial charge in [-0.05, 0) is 38.8 Å².